The Morgan fingerprint density at radius 3 is 2.69 bits per heavy atom. The molecule has 0 aromatic carbocycles. The van der Waals surface area contributed by atoms with Gasteiger partial charge in [-0.3, -0.25) is 4.90 Å². The molecule has 2 fully saturated rings. The molecule has 2 saturated heterocycles. The van der Waals surface area contributed by atoms with Crippen molar-refractivity contribution in [3.63, 3.8) is 0 Å². The van der Waals surface area contributed by atoms with Crippen LogP contribution in [0.15, 0.2) is 0 Å². The number of fused-ring (bicyclic) bond motifs is 2. The molecule has 0 saturated carbocycles. The fraction of sp³-hybridized carbons (Fsp3) is 1.00. The number of nitrogens with zero attached hydrogens (tertiary/aromatic N) is 2. The standard InChI is InChI=1S/C11H22N2/c1-3-7-13-10-4-5-11(13)9-12(2)8-6-10/h10-11H,3-9H2,1-2H3. The van der Waals surface area contributed by atoms with Crippen molar-refractivity contribution in [1.29, 1.82) is 0 Å². The molecule has 0 aromatic rings. The van der Waals surface area contributed by atoms with Gasteiger partial charge in [-0.25, -0.2) is 0 Å². The highest BCUT2D eigenvalue weighted by Gasteiger charge is 2.35. The van der Waals surface area contributed by atoms with E-state index in [4.69, 9.17) is 0 Å². The lowest BCUT2D eigenvalue weighted by Crippen LogP contribution is -2.38. The SMILES string of the molecule is CCCN1C2CCC1CN(C)CC2. The Morgan fingerprint density at radius 2 is 1.92 bits per heavy atom. The van der Waals surface area contributed by atoms with Crippen LogP contribution < -0.4 is 0 Å². The van der Waals surface area contributed by atoms with Crippen LogP contribution in [0.1, 0.15) is 32.6 Å². The monoisotopic (exact) mass is 182 g/mol. The molecule has 0 radical (unpaired) electrons. The van der Waals surface area contributed by atoms with Gasteiger partial charge in [0.25, 0.3) is 0 Å². The van der Waals surface area contributed by atoms with Crippen LogP contribution in [0.5, 0.6) is 0 Å². The Morgan fingerprint density at radius 1 is 1.15 bits per heavy atom. The summed E-state index contributed by atoms with van der Waals surface area (Å²) >= 11 is 0. The van der Waals surface area contributed by atoms with Crippen LogP contribution in [0.25, 0.3) is 0 Å². The smallest absolute Gasteiger partial charge is 0.0226 e. The maximum absolute atomic E-state index is 2.77. The molecule has 2 aliphatic heterocycles. The molecule has 2 heterocycles. The molecule has 2 atom stereocenters. The molecular weight excluding hydrogens is 160 g/mol. The van der Waals surface area contributed by atoms with Gasteiger partial charge in [0.15, 0.2) is 0 Å². The van der Waals surface area contributed by atoms with Gasteiger partial charge >= 0.3 is 0 Å². The van der Waals surface area contributed by atoms with Crippen LogP contribution in [-0.4, -0.2) is 48.6 Å². The lowest BCUT2D eigenvalue weighted by Gasteiger charge is -2.27. The van der Waals surface area contributed by atoms with Gasteiger partial charge < -0.3 is 4.90 Å². The molecule has 0 aromatic heterocycles. The van der Waals surface area contributed by atoms with Gasteiger partial charge in [0, 0.05) is 18.6 Å². The van der Waals surface area contributed by atoms with Crippen molar-refractivity contribution in [3.05, 3.63) is 0 Å². The van der Waals surface area contributed by atoms with Gasteiger partial charge in [-0.1, -0.05) is 6.92 Å². The molecule has 76 valence electrons. The fourth-order valence-electron chi connectivity index (χ4n) is 2.96. The molecule has 13 heavy (non-hydrogen) atoms. The summed E-state index contributed by atoms with van der Waals surface area (Å²) in [6, 6.07) is 1.78. The van der Waals surface area contributed by atoms with E-state index in [0.29, 0.717) is 0 Å². The zero-order chi connectivity index (χ0) is 9.26. The first-order valence-corrected chi connectivity index (χ1v) is 5.75. The van der Waals surface area contributed by atoms with Crippen LogP contribution in [-0.2, 0) is 0 Å². The first-order chi connectivity index (χ1) is 6.31. The number of likely N-dealkylation sites (N-methyl/N-ethyl adjacent to an activating group) is 1. The normalized spacial score (nSPS) is 36.5. The third kappa shape index (κ3) is 1.89. The van der Waals surface area contributed by atoms with Crippen molar-refractivity contribution < 1.29 is 0 Å². The third-order valence-electron chi connectivity index (χ3n) is 3.62. The Labute approximate surface area is 81.9 Å². The second-order valence-electron chi connectivity index (χ2n) is 4.67. The second-order valence-corrected chi connectivity index (χ2v) is 4.67. The summed E-state index contributed by atoms with van der Waals surface area (Å²) in [4.78, 5) is 5.27. The van der Waals surface area contributed by atoms with E-state index in [1.54, 1.807) is 0 Å². The van der Waals surface area contributed by atoms with E-state index in [1.165, 1.54) is 45.3 Å². The van der Waals surface area contributed by atoms with Gasteiger partial charge in [-0.15, -0.1) is 0 Å². The van der Waals surface area contributed by atoms with Gasteiger partial charge in [0.1, 0.15) is 0 Å². The minimum Gasteiger partial charge on any atom is -0.305 e. The fourth-order valence-corrected chi connectivity index (χ4v) is 2.96. The first-order valence-electron chi connectivity index (χ1n) is 5.75. The van der Waals surface area contributed by atoms with E-state index < -0.39 is 0 Å². The van der Waals surface area contributed by atoms with Crippen LogP contribution in [0, 0.1) is 0 Å². The highest BCUT2D eigenvalue weighted by molar-refractivity contribution is 4.91. The van der Waals surface area contributed by atoms with Crippen LogP contribution in [0.2, 0.25) is 0 Å². The average Bonchev–Trinajstić information content (AvgIpc) is 2.37. The van der Waals surface area contributed by atoms with Crippen LogP contribution in [0.4, 0.5) is 0 Å². The second kappa shape index (κ2) is 3.97. The minimum absolute atomic E-state index is 0.873. The molecule has 2 unspecified atom stereocenters. The predicted molar refractivity (Wildman–Crippen MR) is 55.9 cm³/mol. The first kappa shape index (κ1) is 9.47. The lowest BCUT2D eigenvalue weighted by atomic mass is 10.1. The van der Waals surface area contributed by atoms with Crippen molar-refractivity contribution in [2.75, 3.05) is 26.7 Å². The summed E-state index contributed by atoms with van der Waals surface area (Å²) < 4.78 is 0. The van der Waals surface area contributed by atoms with Crippen molar-refractivity contribution in [2.45, 2.75) is 44.7 Å². The zero-order valence-electron chi connectivity index (χ0n) is 9.00. The van der Waals surface area contributed by atoms with E-state index in [2.05, 4.69) is 23.8 Å². The van der Waals surface area contributed by atoms with Crippen LogP contribution in [0.3, 0.4) is 0 Å². The molecule has 2 bridgehead atoms. The minimum atomic E-state index is 0.873. The maximum atomic E-state index is 2.77. The molecule has 2 nitrogen and oxygen atoms in total. The summed E-state index contributed by atoms with van der Waals surface area (Å²) in [5, 5.41) is 0. The predicted octanol–water partition coefficient (Wildman–Crippen LogP) is 1.56. The maximum Gasteiger partial charge on any atom is 0.0226 e. The van der Waals surface area contributed by atoms with Crippen LogP contribution >= 0.6 is 0 Å². The highest BCUT2D eigenvalue weighted by atomic mass is 15.3. The third-order valence-corrected chi connectivity index (χ3v) is 3.62. The topological polar surface area (TPSA) is 6.48 Å². The van der Waals surface area contributed by atoms with Gasteiger partial charge in [0.2, 0.25) is 0 Å². The average molecular weight is 182 g/mol. The summed E-state index contributed by atoms with van der Waals surface area (Å²) in [5.74, 6) is 0. The number of rotatable bonds is 2. The Kier molecular flexibility index (Phi) is 2.89. The highest BCUT2D eigenvalue weighted by Crippen LogP contribution is 2.29. The molecular formula is C11H22N2. The van der Waals surface area contributed by atoms with E-state index >= 15 is 0 Å². The van der Waals surface area contributed by atoms with E-state index in [0.717, 1.165) is 12.1 Å². The lowest BCUT2D eigenvalue weighted by molar-refractivity contribution is 0.193. The Balaban J connectivity index is 2.02. The molecule has 0 amide bonds. The van der Waals surface area contributed by atoms with E-state index in [-0.39, 0.29) is 0 Å². The largest absolute Gasteiger partial charge is 0.305 e. The summed E-state index contributed by atoms with van der Waals surface area (Å²) in [7, 11) is 2.27. The molecule has 0 N–H and O–H groups in total. The number of hydrogen-bond donors (Lipinski definition) is 0. The summed E-state index contributed by atoms with van der Waals surface area (Å²) in [6.07, 6.45) is 5.61. The molecule has 2 rings (SSSR count). The van der Waals surface area contributed by atoms with Crippen molar-refractivity contribution >= 4 is 0 Å². The summed E-state index contributed by atoms with van der Waals surface area (Å²) in [6.45, 7) is 6.23. The summed E-state index contributed by atoms with van der Waals surface area (Å²) in [5.41, 5.74) is 0. The van der Waals surface area contributed by atoms with E-state index in [9.17, 15) is 0 Å². The van der Waals surface area contributed by atoms with Gasteiger partial charge in [0.05, 0.1) is 0 Å². The zero-order valence-corrected chi connectivity index (χ0v) is 9.00. The van der Waals surface area contributed by atoms with Gasteiger partial charge in [-0.2, -0.15) is 0 Å². The van der Waals surface area contributed by atoms with E-state index in [1.807, 2.05) is 0 Å². The quantitative estimate of drug-likeness (QED) is 0.639. The number of hydrogen-bond acceptors (Lipinski definition) is 2. The van der Waals surface area contributed by atoms with Crippen molar-refractivity contribution in [1.82, 2.24) is 9.80 Å². The van der Waals surface area contributed by atoms with Crippen molar-refractivity contribution in [2.24, 2.45) is 0 Å². The Hall–Kier alpha value is -0.0800. The number of likely N-dealkylation sites (tertiary alicyclic amines) is 1. The molecule has 2 heteroatoms. The van der Waals surface area contributed by atoms with Gasteiger partial charge in [-0.05, 0) is 45.8 Å². The molecule has 0 aliphatic carbocycles. The molecule has 2 aliphatic rings. The Bertz CT molecular complexity index is 169. The van der Waals surface area contributed by atoms with Crippen molar-refractivity contribution in [3.8, 4) is 0 Å². The molecule has 0 spiro atoms.